The van der Waals surface area contributed by atoms with Crippen LogP contribution >= 0.6 is 11.3 Å². The lowest BCUT2D eigenvalue weighted by Crippen LogP contribution is -2.26. The van der Waals surface area contributed by atoms with E-state index in [4.69, 9.17) is 14.6 Å². The van der Waals surface area contributed by atoms with E-state index in [0.29, 0.717) is 29.3 Å². The van der Waals surface area contributed by atoms with Crippen LogP contribution in [0.25, 0.3) is 16.9 Å². The molecule has 0 saturated carbocycles. The van der Waals surface area contributed by atoms with Gasteiger partial charge in [0.2, 0.25) is 0 Å². The molecule has 2 heterocycles. The lowest BCUT2D eigenvalue weighted by molar-refractivity contribution is 0.0786. The smallest absolute Gasteiger partial charge is 0.257 e. The van der Waals surface area contributed by atoms with Crippen LogP contribution < -0.4 is 9.47 Å². The second-order valence-electron chi connectivity index (χ2n) is 7.03. The number of benzene rings is 2. The highest BCUT2D eigenvalue weighted by atomic mass is 32.1. The van der Waals surface area contributed by atoms with Gasteiger partial charge in [-0.15, -0.1) is 0 Å². The molecule has 0 saturated heterocycles. The Hall–Kier alpha value is -3.58. The van der Waals surface area contributed by atoms with Crippen molar-refractivity contribution in [1.82, 2.24) is 14.7 Å². The molecule has 2 aromatic heterocycles. The van der Waals surface area contributed by atoms with Crippen molar-refractivity contribution >= 4 is 17.2 Å². The van der Waals surface area contributed by atoms with Gasteiger partial charge in [0.25, 0.3) is 5.91 Å². The van der Waals surface area contributed by atoms with E-state index in [2.05, 4.69) is 0 Å². The highest BCUT2D eigenvalue weighted by Gasteiger charge is 2.23. The largest absolute Gasteiger partial charge is 0.493 e. The number of carbonyl (C=O) groups excluding carboxylic acids is 1. The number of aromatic nitrogens is 2. The molecule has 4 aromatic rings. The van der Waals surface area contributed by atoms with Gasteiger partial charge in [0, 0.05) is 25.4 Å². The molecule has 0 spiro atoms. The molecule has 31 heavy (non-hydrogen) atoms. The molecular formula is C24H23N3O3S. The van der Waals surface area contributed by atoms with Crippen molar-refractivity contribution in [3.05, 3.63) is 82.7 Å². The van der Waals surface area contributed by atoms with Crippen LogP contribution in [0.1, 0.15) is 15.9 Å². The molecule has 0 aliphatic rings. The molecule has 158 valence electrons. The fourth-order valence-corrected chi connectivity index (χ4v) is 4.03. The third-order valence-electron chi connectivity index (χ3n) is 4.97. The van der Waals surface area contributed by atoms with Gasteiger partial charge >= 0.3 is 0 Å². The fraction of sp³-hybridized carbons (Fsp3) is 0.167. The van der Waals surface area contributed by atoms with Crippen LogP contribution in [-0.4, -0.2) is 41.9 Å². The predicted octanol–water partition coefficient (Wildman–Crippen LogP) is 4.89. The van der Waals surface area contributed by atoms with Gasteiger partial charge in [0.1, 0.15) is 5.69 Å². The Morgan fingerprint density at radius 1 is 1.06 bits per heavy atom. The number of nitrogens with zero attached hydrogens (tertiary/aromatic N) is 3. The summed E-state index contributed by atoms with van der Waals surface area (Å²) in [7, 11) is 4.99. The zero-order chi connectivity index (χ0) is 21.8. The first kappa shape index (κ1) is 20.7. The standard InChI is InChI=1S/C24H23N3O3S/c1-26(14-17-11-12-31-16-17)24(28)20-15-27(19-7-5-4-6-8-19)25-23(20)18-9-10-21(29-2)22(13-18)30-3/h4-13,15-16H,14H2,1-3H3. The molecular weight excluding hydrogens is 410 g/mol. The van der Waals surface area contributed by atoms with Crippen LogP contribution in [0.4, 0.5) is 0 Å². The minimum absolute atomic E-state index is 0.0989. The average Bonchev–Trinajstić information content (AvgIpc) is 3.49. The molecule has 0 unspecified atom stereocenters. The Morgan fingerprint density at radius 3 is 2.52 bits per heavy atom. The van der Waals surface area contributed by atoms with Gasteiger partial charge in [0.15, 0.2) is 11.5 Å². The van der Waals surface area contributed by atoms with Gasteiger partial charge in [-0.05, 0) is 52.7 Å². The van der Waals surface area contributed by atoms with Crippen LogP contribution in [0.2, 0.25) is 0 Å². The van der Waals surface area contributed by atoms with E-state index < -0.39 is 0 Å². The highest BCUT2D eigenvalue weighted by Crippen LogP contribution is 2.34. The van der Waals surface area contributed by atoms with Crippen molar-refractivity contribution in [1.29, 1.82) is 0 Å². The number of rotatable bonds is 7. The molecule has 6 nitrogen and oxygen atoms in total. The number of hydrogen-bond acceptors (Lipinski definition) is 5. The SMILES string of the molecule is COc1ccc(-c2nn(-c3ccccc3)cc2C(=O)N(C)Cc2ccsc2)cc1OC. The second kappa shape index (κ2) is 9.06. The van der Waals surface area contributed by atoms with Crippen LogP contribution in [-0.2, 0) is 6.54 Å². The van der Waals surface area contributed by atoms with Crippen molar-refractivity contribution in [2.45, 2.75) is 6.54 Å². The van der Waals surface area contributed by atoms with E-state index in [1.807, 2.05) is 65.4 Å². The molecule has 0 atom stereocenters. The Bertz CT molecular complexity index is 1170. The molecule has 1 amide bonds. The van der Waals surface area contributed by atoms with Gasteiger partial charge in [0.05, 0.1) is 25.5 Å². The summed E-state index contributed by atoms with van der Waals surface area (Å²) < 4.78 is 12.5. The monoisotopic (exact) mass is 433 g/mol. The lowest BCUT2D eigenvalue weighted by atomic mass is 10.1. The fourth-order valence-electron chi connectivity index (χ4n) is 3.37. The minimum Gasteiger partial charge on any atom is -0.493 e. The average molecular weight is 434 g/mol. The van der Waals surface area contributed by atoms with Crippen molar-refractivity contribution in [3.63, 3.8) is 0 Å². The zero-order valence-electron chi connectivity index (χ0n) is 17.6. The molecule has 0 bridgehead atoms. The predicted molar refractivity (Wildman–Crippen MR) is 122 cm³/mol. The van der Waals surface area contributed by atoms with Gasteiger partial charge in [-0.1, -0.05) is 18.2 Å². The van der Waals surface area contributed by atoms with E-state index >= 15 is 0 Å². The number of para-hydroxylation sites is 1. The summed E-state index contributed by atoms with van der Waals surface area (Å²) in [6.45, 7) is 0.532. The van der Waals surface area contributed by atoms with E-state index in [0.717, 1.165) is 16.8 Å². The van der Waals surface area contributed by atoms with Gasteiger partial charge < -0.3 is 14.4 Å². The van der Waals surface area contributed by atoms with Crippen molar-refractivity contribution in [2.75, 3.05) is 21.3 Å². The van der Waals surface area contributed by atoms with Gasteiger partial charge in [-0.3, -0.25) is 4.79 Å². The van der Waals surface area contributed by atoms with Crippen molar-refractivity contribution < 1.29 is 14.3 Å². The zero-order valence-corrected chi connectivity index (χ0v) is 18.4. The first-order valence-electron chi connectivity index (χ1n) is 9.74. The van der Waals surface area contributed by atoms with Crippen LogP contribution in [0.3, 0.4) is 0 Å². The molecule has 4 rings (SSSR count). The first-order chi connectivity index (χ1) is 15.1. The number of methoxy groups -OCH3 is 2. The number of carbonyl (C=O) groups is 1. The maximum Gasteiger partial charge on any atom is 0.257 e. The van der Waals surface area contributed by atoms with Crippen molar-refractivity contribution in [3.8, 4) is 28.4 Å². The summed E-state index contributed by atoms with van der Waals surface area (Å²) in [5.41, 5.74) is 3.87. The Labute approximate surface area is 185 Å². The third-order valence-corrected chi connectivity index (χ3v) is 5.70. The highest BCUT2D eigenvalue weighted by molar-refractivity contribution is 7.07. The molecule has 0 radical (unpaired) electrons. The molecule has 2 aromatic carbocycles. The number of ether oxygens (including phenoxy) is 2. The van der Waals surface area contributed by atoms with Gasteiger partial charge in [-0.2, -0.15) is 16.4 Å². The maximum atomic E-state index is 13.4. The van der Waals surface area contributed by atoms with E-state index in [1.165, 1.54) is 0 Å². The second-order valence-corrected chi connectivity index (χ2v) is 7.81. The number of hydrogen-bond donors (Lipinski definition) is 0. The third kappa shape index (κ3) is 4.32. The summed E-state index contributed by atoms with van der Waals surface area (Å²) in [6, 6.07) is 17.3. The van der Waals surface area contributed by atoms with Crippen molar-refractivity contribution in [2.24, 2.45) is 0 Å². The summed E-state index contributed by atoms with van der Waals surface area (Å²) in [5, 5.41) is 8.82. The summed E-state index contributed by atoms with van der Waals surface area (Å²) in [5.74, 6) is 1.11. The van der Waals surface area contributed by atoms with Crippen LogP contribution in [0.5, 0.6) is 11.5 Å². The summed E-state index contributed by atoms with van der Waals surface area (Å²) in [6.07, 6.45) is 1.79. The maximum absolute atomic E-state index is 13.4. The Balaban J connectivity index is 1.78. The molecule has 7 heteroatoms. The van der Waals surface area contributed by atoms with E-state index in [1.54, 1.807) is 48.4 Å². The molecule has 0 fully saturated rings. The number of thiophene rings is 1. The molecule has 0 aliphatic carbocycles. The van der Waals surface area contributed by atoms with E-state index in [9.17, 15) is 4.79 Å². The summed E-state index contributed by atoms with van der Waals surface area (Å²) >= 11 is 1.62. The van der Waals surface area contributed by atoms with Gasteiger partial charge in [-0.25, -0.2) is 4.68 Å². The quantitative estimate of drug-likeness (QED) is 0.416. The van der Waals surface area contributed by atoms with E-state index in [-0.39, 0.29) is 5.91 Å². The minimum atomic E-state index is -0.0989. The van der Waals surface area contributed by atoms with Crippen LogP contribution in [0, 0.1) is 0 Å². The normalized spacial score (nSPS) is 10.7. The Kier molecular flexibility index (Phi) is 6.04. The molecule has 0 aliphatic heterocycles. The lowest BCUT2D eigenvalue weighted by Gasteiger charge is -2.16. The molecule has 0 N–H and O–H groups in total. The Morgan fingerprint density at radius 2 is 1.84 bits per heavy atom. The first-order valence-corrected chi connectivity index (χ1v) is 10.7. The number of amides is 1. The van der Waals surface area contributed by atoms with Crippen LogP contribution in [0.15, 0.2) is 71.6 Å². The summed E-state index contributed by atoms with van der Waals surface area (Å²) in [4.78, 5) is 15.1. The topological polar surface area (TPSA) is 56.6 Å².